The van der Waals surface area contributed by atoms with E-state index in [-0.39, 0.29) is 5.92 Å². The fraction of sp³-hybridized carbons (Fsp3) is 0.800. The van der Waals surface area contributed by atoms with Gasteiger partial charge in [-0.05, 0) is 13.3 Å². The molecule has 0 aliphatic carbocycles. The summed E-state index contributed by atoms with van der Waals surface area (Å²) in [7, 11) is 0. The molecule has 0 aliphatic rings. The van der Waals surface area contributed by atoms with Gasteiger partial charge in [0.05, 0.1) is 6.07 Å². The summed E-state index contributed by atoms with van der Waals surface area (Å²) in [6, 6.07) is 2.11. The maximum absolute atomic E-state index is 9.92. The molecule has 0 bridgehead atoms. The fourth-order valence-electron chi connectivity index (χ4n) is 0.0913. The van der Waals surface area contributed by atoms with Crippen molar-refractivity contribution in [2.75, 3.05) is 0 Å². The van der Waals surface area contributed by atoms with Gasteiger partial charge >= 0.3 is 33.7 Å². The summed E-state index contributed by atoms with van der Waals surface area (Å²) < 4.78 is 49.6. The van der Waals surface area contributed by atoms with Crippen molar-refractivity contribution in [3.8, 4) is 6.07 Å². The van der Waals surface area contributed by atoms with Crippen LogP contribution in [0.1, 0.15) is 20.3 Å². The van der Waals surface area contributed by atoms with Gasteiger partial charge in [-0.2, -0.15) is 5.26 Å². The van der Waals surface area contributed by atoms with Gasteiger partial charge in [-0.25, -0.2) is 0 Å². The number of nitriles is 1. The van der Waals surface area contributed by atoms with Crippen molar-refractivity contribution in [2.45, 2.75) is 20.3 Å². The predicted octanol–water partition coefficient (Wildman–Crippen LogP) is 3.65. The van der Waals surface area contributed by atoms with E-state index in [1.54, 1.807) is 0 Å². The van der Waals surface area contributed by atoms with Crippen LogP contribution in [0.25, 0.3) is 0 Å². The molecule has 7 heteroatoms. The summed E-state index contributed by atoms with van der Waals surface area (Å²) in [4.78, 5) is 0. The van der Waals surface area contributed by atoms with Crippen molar-refractivity contribution in [1.82, 2.24) is 0 Å². The van der Waals surface area contributed by atoms with Crippen molar-refractivity contribution >= 4 is 0 Å². The van der Waals surface area contributed by atoms with E-state index in [0.717, 1.165) is 6.42 Å². The number of hydrogen-bond acceptors (Lipinski definition) is 1. The van der Waals surface area contributed by atoms with Crippen LogP contribution < -0.4 is 0 Å². The van der Waals surface area contributed by atoms with Gasteiger partial charge in [-0.15, -0.1) is 0 Å². The Kier molecular flexibility index (Phi) is 5.76. The molecular weight excluding hydrogens is 350 g/mol. The van der Waals surface area contributed by atoms with Crippen molar-refractivity contribution in [1.29, 1.82) is 5.26 Å². The van der Waals surface area contributed by atoms with Crippen LogP contribution in [-0.4, -0.2) is 0 Å². The van der Waals surface area contributed by atoms with Crippen molar-refractivity contribution in [3.63, 3.8) is 0 Å². The normalized spacial score (nSPS) is 16.0. The summed E-state index contributed by atoms with van der Waals surface area (Å²) in [5, 5.41) is 8.08. The molecule has 0 saturated carbocycles. The second kappa shape index (κ2) is 4.80. The Labute approximate surface area is 71.6 Å². The Morgan fingerprint density at radius 2 is 1.50 bits per heavy atom. The van der Waals surface area contributed by atoms with Gasteiger partial charge in [-0.1, -0.05) is 6.92 Å². The minimum atomic E-state index is -9.30. The van der Waals surface area contributed by atoms with Gasteiger partial charge in [0.1, 0.15) is 0 Å². The van der Waals surface area contributed by atoms with Crippen LogP contribution in [0.4, 0.5) is 15.1 Å². The van der Waals surface area contributed by atoms with E-state index in [1.807, 2.05) is 13.8 Å². The Bertz CT molecular complexity index is 150. The quantitative estimate of drug-likeness (QED) is 0.656. The van der Waals surface area contributed by atoms with E-state index in [0.29, 0.717) is 0 Å². The molecule has 1 nitrogen and oxygen atoms in total. The van der Waals surface area contributed by atoms with Crippen LogP contribution >= 0.6 is 0 Å². The summed E-state index contributed by atoms with van der Waals surface area (Å²) >= 11 is -9.30. The van der Waals surface area contributed by atoms with Crippen molar-refractivity contribution in [3.05, 3.63) is 0 Å². The monoisotopic (exact) mass is 359 g/mol. The zero-order valence-corrected chi connectivity index (χ0v) is 9.78. The SMILES string of the molecule is CCC(C)C#N.[F][Ta]([F])([F])([F])[F]. The molecule has 74 valence electrons. The second-order valence-electron chi connectivity index (χ2n) is 2.08. The summed E-state index contributed by atoms with van der Waals surface area (Å²) in [5.74, 6) is 0.241. The second-order valence-corrected chi connectivity index (χ2v) is 6.67. The molecule has 0 aromatic carbocycles. The molecule has 0 aromatic rings. The molecule has 0 aliphatic heterocycles. The first-order valence-corrected chi connectivity index (χ1v) is 9.12. The number of hydrogen-bond donors (Lipinski definition) is 0. The molecule has 0 saturated heterocycles. The Morgan fingerprint density at radius 1 is 1.25 bits per heavy atom. The van der Waals surface area contributed by atoms with Crippen LogP contribution in [0.5, 0.6) is 0 Å². The zero-order chi connectivity index (χ0) is 10.4. The van der Waals surface area contributed by atoms with Crippen LogP contribution in [0.2, 0.25) is 0 Å². The van der Waals surface area contributed by atoms with E-state index in [9.17, 15) is 15.1 Å². The van der Waals surface area contributed by atoms with E-state index in [1.165, 1.54) is 0 Å². The van der Waals surface area contributed by atoms with Gasteiger partial charge < -0.3 is 0 Å². The van der Waals surface area contributed by atoms with E-state index < -0.39 is 18.5 Å². The topological polar surface area (TPSA) is 23.8 Å². The molecule has 1 atom stereocenters. The van der Waals surface area contributed by atoms with Crippen LogP contribution in [0, 0.1) is 17.2 Å². The molecule has 0 radical (unpaired) electrons. The summed E-state index contributed by atoms with van der Waals surface area (Å²) in [6.07, 6.45) is 0.969. The molecular formula is C5H9F5NTa. The first-order chi connectivity index (χ1) is 5.04. The van der Waals surface area contributed by atoms with Gasteiger partial charge in [0, 0.05) is 5.92 Å². The fourth-order valence-corrected chi connectivity index (χ4v) is 0.0913. The average Bonchev–Trinajstić information content (AvgIpc) is 1.81. The van der Waals surface area contributed by atoms with E-state index in [2.05, 4.69) is 6.07 Å². The Morgan fingerprint density at radius 3 is 1.50 bits per heavy atom. The van der Waals surface area contributed by atoms with Crippen LogP contribution in [0.15, 0.2) is 0 Å². The number of halogens is 5. The summed E-state index contributed by atoms with van der Waals surface area (Å²) in [5.41, 5.74) is 0. The van der Waals surface area contributed by atoms with Crippen molar-refractivity contribution < 1.29 is 33.7 Å². The molecule has 0 aromatic heterocycles. The molecule has 0 spiro atoms. The molecule has 0 N–H and O–H groups in total. The minimum absolute atomic E-state index is 0.241. The van der Waals surface area contributed by atoms with E-state index >= 15 is 0 Å². The maximum atomic E-state index is 9.92. The molecule has 1 unspecified atom stereocenters. The van der Waals surface area contributed by atoms with Gasteiger partial charge in [0.15, 0.2) is 0 Å². The zero-order valence-electron chi connectivity index (χ0n) is 6.57. The molecule has 12 heavy (non-hydrogen) atoms. The Hall–Kier alpha value is -0.120. The first-order valence-electron chi connectivity index (χ1n) is 3.05. The van der Waals surface area contributed by atoms with E-state index in [4.69, 9.17) is 5.26 Å². The van der Waals surface area contributed by atoms with Crippen LogP contribution in [-0.2, 0) is 18.5 Å². The Balaban J connectivity index is 0. The van der Waals surface area contributed by atoms with Crippen LogP contribution in [0.3, 0.4) is 0 Å². The molecule has 0 rings (SSSR count). The first kappa shape index (κ1) is 14.4. The third-order valence-electron chi connectivity index (χ3n) is 0.833. The molecule has 0 fully saturated rings. The van der Waals surface area contributed by atoms with Gasteiger partial charge in [0.2, 0.25) is 0 Å². The van der Waals surface area contributed by atoms with Gasteiger partial charge in [-0.3, -0.25) is 0 Å². The molecule has 0 amide bonds. The third-order valence-corrected chi connectivity index (χ3v) is 0.833. The van der Waals surface area contributed by atoms with Gasteiger partial charge in [0.25, 0.3) is 0 Å². The average molecular weight is 359 g/mol. The predicted molar refractivity (Wildman–Crippen MR) is 30.6 cm³/mol. The van der Waals surface area contributed by atoms with Crippen molar-refractivity contribution in [2.24, 2.45) is 5.92 Å². The third kappa shape index (κ3) is 51.7. The summed E-state index contributed by atoms with van der Waals surface area (Å²) in [6.45, 7) is 3.92. The number of nitrogens with zero attached hydrogens (tertiary/aromatic N) is 1. The molecule has 0 heterocycles. The number of rotatable bonds is 1. The standard InChI is InChI=1S/C5H9N.5FH.Ta/c1-3-5(2)4-6;;;;;;/h5H,3H2,1-2H3;5*1H;/q;;;;;;+5/p-5.